The highest BCUT2D eigenvalue weighted by Gasteiger charge is 2.62. The number of halogens is 7. The van der Waals surface area contributed by atoms with Crippen molar-refractivity contribution in [3.63, 3.8) is 0 Å². The van der Waals surface area contributed by atoms with E-state index in [4.69, 9.17) is 23.2 Å². The van der Waals surface area contributed by atoms with E-state index in [1.54, 1.807) is 0 Å². The van der Waals surface area contributed by atoms with Gasteiger partial charge in [0.15, 0.2) is 5.82 Å². The zero-order valence-electron chi connectivity index (χ0n) is 19.2. The zero-order valence-corrected chi connectivity index (χ0v) is 20.7. The SMILES string of the molecule is Cc1cc(Cl)cc(C(=O)O)c1NC(=O)c1cc(Cn2nnc(C(F)(F)C(F)(F)F)n2)nn1-c1ncccc1Cl. The van der Waals surface area contributed by atoms with Gasteiger partial charge in [-0.1, -0.05) is 23.2 Å². The number of alkyl halides is 5. The number of aryl methyl sites for hydroxylation is 1. The summed E-state index contributed by atoms with van der Waals surface area (Å²) in [6.07, 6.45) is -4.61. The number of benzene rings is 1. The van der Waals surface area contributed by atoms with Crippen LogP contribution in [0, 0.1) is 6.92 Å². The highest BCUT2D eigenvalue weighted by molar-refractivity contribution is 6.32. The first kappa shape index (κ1) is 27.8. The molecule has 4 rings (SSSR count). The summed E-state index contributed by atoms with van der Waals surface area (Å²) in [6.45, 7) is 0.927. The Labute approximate surface area is 224 Å². The lowest BCUT2D eigenvalue weighted by molar-refractivity contribution is -0.292. The minimum Gasteiger partial charge on any atom is -0.478 e. The molecule has 0 fully saturated rings. The summed E-state index contributed by atoms with van der Waals surface area (Å²) in [7, 11) is 0. The Bertz CT molecular complexity index is 1590. The number of rotatable bonds is 7. The van der Waals surface area contributed by atoms with Crippen LogP contribution in [0.25, 0.3) is 5.82 Å². The summed E-state index contributed by atoms with van der Waals surface area (Å²) in [5, 5.41) is 25.4. The molecule has 11 nitrogen and oxygen atoms in total. The van der Waals surface area contributed by atoms with Crippen molar-refractivity contribution in [1.82, 2.24) is 35.0 Å². The number of nitrogens with one attached hydrogen (secondary N) is 1. The van der Waals surface area contributed by atoms with Gasteiger partial charge < -0.3 is 10.4 Å². The van der Waals surface area contributed by atoms with Crippen molar-refractivity contribution in [1.29, 1.82) is 0 Å². The van der Waals surface area contributed by atoms with Gasteiger partial charge >= 0.3 is 18.1 Å². The smallest absolute Gasteiger partial charge is 0.461 e. The molecule has 0 radical (unpaired) electrons. The first-order chi connectivity index (χ1) is 18.2. The van der Waals surface area contributed by atoms with E-state index in [1.165, 1.54) is 31.3 Å². The number of carboxylic acids is 1. The summed E-state index contributed by atoms with van der Waals surface area (Å²) in [4.78, 5) is 29.5. The lowest BCUT2D eigenvalue weighted by Gasteiger charge is -2.14. The number of anilines is 1. The molecule has 39 heavy (non-hydrogen) atoms. The van der Waals surface area contributed by atoms with Gasteiger partial charge in [0.1, 0.15) is 12.2 Å². The summed E-state index contributed by atoms with van der Waals surface area (Å²) in [6, 6.07) is 6.62. The van der Waals surface area contributed by atoms with Gasteiger partial charge in [-0.3, -0.25) is 4.79 Å². The molecule has 0 aliphatic rings. The van der Waals surface area contributed by atoms with Gasteiger partial charge in [0.25, 0.3) is 11.7 Å². The van der Waals surface area contributed by atoms with Crippen LogP contribution in [0.15, 0.2) is 36.5 Å². The number of hydrogen-bond donors (Lipinski definition) is 2. The standard InChI is InChI=1S/C21H13Cl2F5N8O3/c1-9-5-10(22)6-12(18(38)39)15(9)30-17(37)14-7-11(32-36(14)16-13(23)3-2-4-29-16)8-35-33-19(31-34-35)20(24,25)21(26,27)28/h2-7H,8H2,1H3,(H,30,37)(H,38,39). The van der Waals surface area contributed by atoms with Gasteiger partial charge in [0.05, 0.1) is 22.0 Å². The molecule has 0 spiro atoms. The lowest BCUT2D eigenvalue weighted by atomic mass is 10.1. The third kappa shape index (κ3) is 5.51. The monoisotopic (exact) mass is 590 g/mol. The van der Waals surface area contributed by atoms with E-state index in [2.05, 4.69) is 30.8 Å². The van der Waals surface area contributed by atoms with Gasteiger partial charge in [0, 0.05) is 11.2 Å². The second-order valence-electron chi connectivity index (χ2n) is 7.86. The predicted molar refractivity (Wildman–Crippen MR) is 124 cm³/mol. The molecule has 4 aromatic rings. The molecule has 204 valence electrons. The minimum absolute atomic E-state index is 0.0427. The van der Waals surface area contributed by atoms with E-state index in [1.807, 2.05) is 0 Å². The van der Waals surface area contributed by atoms with Crippen molar-refractivity contribution in [2.75, 3.05) is 5.32 Å². The number of carboxylic acid groups (broad SMARTS) is 1. The fourth-order valence-corrected chi connectivity index (χ4v) is 3.80. The summed E-state index contributed by atoms with van der Waals surface area (Å²) >= 11 is 12.1. The molecule has 0 aliphatic carbocycles. The van der Waals surface area contributed by atoms with Crippen LogP contribution in [0.3, 0.4) is 0 Å². The van der Waals surface area contributed by atoms with Crippen molar-refractivity contribution >= 4 is 40.8 Å². The largest absolute Gasteiger partial charge is 0.478 e. The molecule has 0 unspecified atom stereocenters. The summed E-state index contributed by atoms with van der Waals surface area (Å²) in [5.41, 5.74) is -0.402. The fraction of sp³-hybridized carbons (Fsp3) is 0.190. The summed E-state index contributed by atoms with van der Waals surface area (Å²) in [5.74, 6) is -9.53. The average molecular weight is 591 g/mol. The van der Waals surface area contributed by atoms with Crippen LogP contribution < -0.4 is 5.32 Å². The third-order valence-electron chi connectivity index (χ3n) is 5.09. The Balaban J connectivity index is 1.74. The molecule has 2 N–H and O–H groups in total. The second-order valence-corrected chi connectivity index (χ2v) is 8.71. The van der Waals surface area contributed by atoms with E-state index >= 15 is 0 Å². The summed E-state index contributed by atoms with van der Waals surface area (Å²) < 4.78 is 66.0. The van der Waals surface area contributed by atoms with E-state index in [0.29, 0.717) is 10.4 Å². The number of carbonyl (C=O) groups is 2. The molecule has 1 amide bonds. The normalized spacial score (nSPS) is 12.0. The Morgan fingerprint density at radius 1 is 1.10 bits per heavy atom. The highest BCUT2D eigenvalue weighted by atomic mass is 35.5. The number of pyridine rings is 1. The van der Waals surface area contributed by atoms with Gasteiger partial charge in [0.2, 0.25) is 0 Å². The molecule has 0 saturated heterocycles. The Morgan fingerprint density at radius 2 is 1.82 bits per heavy atom. The van der Waals surface area contributed by atoms with Crippen LogP contribution in [-0.2, 0) is 12.5 Å². The zero-order chi connectivity index (χ0) is 28.7. The number of nitrogens with zero attached hydrogens (tertiary/aromatic N) is 7. The number of amides is 1. The molecule has 0 saturated carbocycles. The van der Waals surface area contributed by atoms with Crippen molar-refractivity contribution in [2.45, 2.75) is 25.6 Å². The third-order valence-corrected chi connectivity index (χ3v) is 5.61. The van der Waals surface area contributed by atoms with E-state index in [9.17, 15) is 36.6 Å². The van der Waals surface area contributed by atoms with Gasteiger partial charge in [-0.15, -0.1) is 10.2 Å². The quantitative estimate of drug-likeness (QED) is 0.299. The van der Waals surface area contributed by atoms with Crippen molar-refractivity contribution < 1.29 is 36.6 Å². The first-order valence-corrected chi connectivity index (χ1v) is 11.2. The maximum Gasteiger partial charge on any atom is 0.461 e. The van der Waals surface area contributed by atoms with Crippen LogP contribution in [-0.4, -0.2) is 58.1 Å². The van der Waals surface area contributed by atoms with Crippen molar-refractivity contribution in [2.24, 2.45) is 0 Å². The number of carbonyl (C=O) groups excluding carboxylic acids is 1. The molecule has 18 heteroatoms. The van der Waals surface area contributed by atoms with Gasteiger partial charge in [-0.25, -0.2) is 14.5 Å². The molecule has 1 aromatic carbocycles. The van der Waals surface area contributed by atoms with E-state index in [-0.39, 0.29) is 38.5 Å². The lowest BCUT2D eigenvalue weighted by Crippen LogP contribution is -2.35. The molecule has 0 aliphatic heterocycles. The molecule has 3 heterocycles. The van der Waals surface area contributed by atoms with Gasteiger partial charge in [-0.2, -0.15) is 31.8 Å². The maximum absolute atomic E-state index is 13.6. The number of aromatic carboxylic acids is 1. The number of aromatic nitrogens is 7. The van der Waals surface area contributed by atoms with Crippen LogP contribution in [0.4, 0.5) is 27.6 Å². The van der Waals surface area contributed by atoms with Crippen LogP contribution in [0.5, 0.6) is 0 Å². The van der Waals surface area contributed by atoms with Crippen molar-refractivity contribution in [3.8, 4) is 5.82 Å². The fourth-order valence-electron chi connectivity index (χ4n) is 3.33. The Hall–Kier alpha value is -4.18. The second kappa shape index (κ2) is 10.2. The van der Waals surface area contributed by atoms with E-state index in [0.717, 1.165) is 16.8 Å². The van der Waals surface area contributed by atoms with E-state index < -0.39 is 36.3 Å². The Morgan fingerprint density at radius 3 is 2.46 bits per heavy atom. The van der Waals surface area contributed by atoms with Gasteiger partial charge in [-0.05, 0) is 48.0 Å². The van der Waals surface area contributed by atoms with Crippen LogP contribution >= 0.6 is 23.2 Å². The maximum atomic E-state index is 13.6. The molecule has 0 atom stereocenters. The van der Waals surface area contributed by atoms with Crippen molar-refractivity contribution in [3.05, 3.63) is 74.9 Å². The number of tetrazole rings is 1. The molecule has 0 bridgehead atoms. The molecular weight excluding hydrogens is 578 g/mol. The molecule has 3 aromatic heterocycles. The van der Waals surface area contributed by atoms with Crippen LogP contribution in [0.2, 0.25) is 10.0 Å². The Kier molecular flexibility index (Phi) is 7.27. The van der Waals surface area contributed by atoms with Crippen LogP contribution in [0.1, 0.15) is 37.9 Å². The minimum atomic E-state index is -5.95. The first-order valence-electron chi connectivity index (χ1n) is 10.5. The molecular formula is C21H13Cl2F5N8O3. The average Bonchev–Trinajstić information content (AvgIpc) is 3.48. The highest BCUT2D eigenvalue weighted by Crippen LogP contribution is 2.41. The predicted octanol–water partition coefficient (Wildman–Crippen LogP) is 4.52. The topological polar surface area (TPSA) is 141 Å². The number of hydrogen-bond acceptors (Lipinski definition) is 7.